The van der Waals surface area contributed by atoms with Crippen molar-refractivity contribution >= 4 is 28.9 Å². The van der Waals surface area contributed by atoms with Crippen molar-refractivity contribution in [3.8, 4) is 0 Å². The van der Waals surface area contributed by atoms with Gasteiger partial charge in [-0.25, -0.2) is 13.6 Å². The molecule has 0 saturated carbocycles. The summed E-state index contributed by atoms with van der Waals surface area (Å²) in [6.45, 7) is 1.24. The SMILES string of the molecule is CNc1ccc(C(=O)O[C@H](C)C(=O)Nc2ccc(F)cc2F)cc1[N+](=O)[O-]. The third kappa shape index (κ3) is 4.75. The van der Waals surface area contributed by atoms with Crippen LogP contribution in [0.1, 0.15) is 17.3 Å². The van der Waals surface area contributed by atoms with Gasteiger partial charge >= 0.3 is 5.97 Å². The summed E-state index contributed by atoms with van der Waals surface area (Å²) in [5.41, 5.74) is -0.543. The number of anilines is 2. The Morgan fingerprint density at radius 3 is 2.41 bits per heavy atom. The number of amides is 1. The minimum absolute atomic E-state index is 0.131. The number of hydrogen-bond acceptors (Lipinski definition) is 6. The Morgan fingerprint density at radius 1 is 1.15 bits per heavy atom. The van der Waals surface area contributed by atoms with Crippen LogP contribution in [0.3, 0.4) is 0 Å². The Balaban J connectivity index is 2.09. The Labute approximate surface area is 152 Å². The van der Waals surface area contributed by atoms with Gasteiger partial charge in [0.15, 0.2) is 6.10 Å². The second kappa shape index (κ2) is 8.21. The average Bonchev–Trinajstić information content (AvgIpc) is 2.63. The van der Waals surface area contributed by atoms with Gasteiger partial charge in [-0.1, -0.05) is 0 Å². The van der Waals surface area contributed by atoms with E-state index in [0.717, 1.165) is 18.2 Å². The van der Waals surface area contributed by atoms with Crippen molar-refractivity contribution in [3.63, 3.8) is 0 Å². The van der Waals surface area contributed by atoms with Gasteiger partial charge in [-0.2, -0.15) is 0 Å². The molecule has 8 nitrogen and oxygen atoms in total. The number of esters is 1. The van der Waals surface area contributed by atoms with E-state index >= 15 is 0 Å². The van der Waals surface area contributed by atoms with Crippen molar-refractivity contribution in [2.45, 2.75) is 13.0 Å². The van der Waals surface area contributed by atoms with Crippen molar-refractivity contribution in [2.75, 3.05) is 17.7 Å². The first kappa shape index (κ1) is 19.8. The number of rotatable bonds is 6. The molecule has 2 aromatic rings. The predicted octanol–water partition coefficient (Wildman–Crippen LogP) is 3.10. The summed E-state index contributed by atoms with van der Waals surface area (Å²) in [6.07, 6.45) is -1.33. The fourth-order valence-corrected chi connectivity index (χ4v) is 2.13. The average molecular weight is 379 g/mol. The predicted molar refractivity (Wildman–Crippen MR) is 92.5 cm³/mol. The number of carbonyl (C=O) groups excluding carboxylic acids is 2. The standard InChI is InChI=1S/C17H15F2N3O5/c1-9(16(23)21-13-6-4-11(18)8-12(13)19)27-17(24)10-3-5-14(20-2)15(7-10)22(25)26/h3-9,20H,1-2H3,(H,21,23)/t9-/m1/s1. The first-order chi connectivity index (χ1) is 12.7. The van der Waals surface area contributed by atoms with Crippen LogP contribution in [0, 0.1) is 21.7 Å². The maximum absolute atomic E-state index is 13.6. The van der Waals surface area contributed by atoms with Crippen molar-refractivity contribution in [2.24, 2.45) is 0 Å². The maximum Gasteiger partial charge on any atom is 0.339 e. The Bertz CT molecular complexity index is 904. The molecule has 142 valence electrons. The summed E-state index contributed by atoms with van der Waals surface area (Å²) in [6, 6.07) is 6.21. The number of benzene rings is 2. The Hall–Kier alpha value is -3.56. The van der Waals surface area contributed by atoms with Gasteiger partial charge in [0.1, 0.15) is 17.3 Å². The fourth-order valence-electron chi connectivity index (χ4n) is 2.13. The molecule has 2 aromatic carbocycles. The highest BCUT2D eigenvalue weighted by atomic mass is 19.1. The number of nitro benzene ring substituents is 1. The van der Waals surface area contributed by atoms with Gasteiger partial charge in [-0.15, -0.1) is 0 Å². The third-order valence-electron chi connectivity index (χ3n) is 3.54. The minimum atomic E-state index is -1.33. The molecule has 0 bridgehead atoms. The van der Waals surface area contributed by atoms with Gasteiger partial charge in [-0.3, -0.25) is 14.9 Å². The molecule has 1 atom stereocenters. The molecule has 0 aliphatic carbocycles. The van der Waals surface area contributed by atoms with Crippen LogP contribution < -0.4 is 10.6 Å². The lowest BCUT2D eigenvalue weighted by molar-refractivity contribution is -0.384. The van der Waals surface area contributed by atoms with Crippen LogP contribution in [0.15, 0.2) is 36.4 Å². The number of ether oxygens (including phenoxy) is 1. The molecule has 10 heteroatoms. The van der Waals surface area contributed by atoms with E-state index < -0.39 is 34.5 Å². The third-order valence-corrected chi connectivity index (χ3v) is 3.54. The Kier molecular flexibility index (Phi) is 6.01. The summed E-state index contributed by atoms with van der Waals surface area (Å²) in [5.74, 6) is -3.62. The zero-order valence-electron chi connectivity index (χ0n) is 14.3. The zero-order chi connectivity index (χ0) is 20.1. The number of carbonyl (C=O) groups is 2. The molecule has 0 unspecified atom stereocenters. The van der Waals surface area contributed by atoms with Gasteiger partial charge in [0.05, 0.1) is 16.2 Å². The van der Waals surface area contributed by atoms with Crippen molar-refractivity contribution in [1.29, 1.82) is 0 Å². The number of hydrogen-bond donors (Lipinski definition) is 2. The van der Waals surface area contributed by atoms with E-state index in [2.05, 4.69) is 10.6 Å². The van der Waals surface area contributed by atoms with Crippen LogP contribution in [0.4, 0.5) is 25.8 Å². The molecular formula is C17H15F2N3O5. The molecule has 2 rings (SSSR count). The highest BCUT2D eigenvalue weighted by Gasteiger charge is 2.22. The monoisotopic (exact) mass is 379 g/mol. The van der Waals surface area contributed by atoms with Crippen LogP contribution in [-0.4, -0.2) is 30.0 Å². The van der Waals surface area contributed by atoms with E-state index in [-0.39, 0.29) is 22.6 Å². The fraction of sp³-hybridized carbons (Fsp3) is 0.176. The summed E-state index contributed by atoms with van der Waals surface area (Å²) in [5, 5.41) is 15.8. The number of nitrogens with one attached hydrogen (secondary N) is 2. The quantitative estimate of drug-likeness (QED) is 0.453. The lowest BCUT2D eigenvalue weighted by atomic mass is 10.1. The molecule has 27 heavy (non-hydrogen) atoms. The first-order valence-corrected chi connectivity index (χ1v) is 7.66. The maximum atomic E-state index is 13.6. The lowest BCUT2D eigenvalue weighted by Crippen LogP contribution is -2.30. The van der Waals surface area contributed by atoms with Crippen molar-refractivity contribution in [3.05, 3.63) is 63.7 Å². The molecule has 0 heterocycles. The molecule has 0 radical (unpaired) electrons. The van der Waals surface area contributed by atoms with E-state index in [9.17, 15) is 28.5 Å². The van der Waals surface area contributed by atoms with E-state index in [1.54, 1.807) is 0 Å². The molecular weight excluding hydrogens is 364 g/mol. The topological polar surface area (TPSA) is 111 Å². The van der Waals surface area contributed by atoms with Gasteiger partial charge in [0.2, 0.25) is 0 Å². The minimum Gasteiger partial charge on any atom is -0.449 e. The first-order valence-electron chi connectivity index (χ1n) is 7.66. The van der Waals surface area contributed by atoms with Crippen molar-refractivity contribution in [1.82, 2.24) is 0 Å². The van der Waals surface area contributed by atoms with E-state index in [1.807, 2.05) is 0 Å². The van der Waals surface area contributed by atoms with Crippen LogP contribution in [-0.2, 0) is 9.53 Å². The zero-order valence-corrected chi connectivity index (χ0v) is 14.3. The van der Waals surface area contributed by atoms with E-state index in [1.165, 1.54) is 26.1 Å². The van der Waals surface area contributed by atoms with Gasteiger partial charge in [0, 0.05) is 19.2 Å². The van der Waals surface area contributed by atoms with Gasteiger partial charge in [-0.05, 0) is 31.2 Å². The molecule has 0 fully saturated rings. The molecule has 2 N–H and O–H groups in total. The second-order valence-corrected chi connectivity index (χ2v) is 5.40. The van der Waals surface area contributed by atoms with Gasteiger partial charge in [0.25, 0.3) is 11.6 Å². The normalized spacial score (nSPS) is 11.4. The lowest BCUT2D eigenvalue weighted by Gasteiger charge is -2.14. The van der Waals surface area contributed by atoms with E-state index in [4.69, 9.17) is 4.74 Å². The highest BCUT2D eigenvalue weighted by molar-refractivity contribution is 5.97. The molecule has 0 aliphatic rings. The summed E-state index contributed by atoms with van der Waals surface area (Å²) in [4.78, 5) is 34.5. The van der Waals surface area contributed by atoms with Crippen LogP contribution in [0.5, 0.6) is 0 Å². The summed E-state index contributed by atoms with van der Waals surface area (Å²) in [7, 11) is 1.49. The number of halogens is 2. The summed E-state index contributed by atoms with van der Waals surface area (Å²) < 4.78 is 31.4. The highest BCUT2D eigenvalue weighted by Crippen LogP contribution is 2.25. The van der Waals surface area contributed by atoms with Gasteiger partial charge < -0.3 is 15.4 Å². The summed E-state index contributed by atoms with van der Waals surface area (Å²) >= 11 is 0. The second-order valence-electron chi connectivity index (χ2n) is 5.40. The van der Waals surface area contributed by atoms with E-state index in [0.29, 0.717) is 6.07 Å². The number of nitro groups is 1. The largest absolute Gasteiger partial charge is 0.449 e. The Morgan fingerprint density at radius 2 is 1.81 bits per heavy atom. The molecule has 1 amide bonds. The van der Waals surface area contributed by atoms with Crippen LogP contribution >= 0.6 is 0 Å². The van der Waals surface area contributed by atoms with Crippen LogP contribution in [0.2, 0.25) is 0 Å². The molecule has 0 spiro atoms. The van der Waals surface area contributed by atoms with Crippen LogP contribution in [0.25, 0.3) is 0 Å². The smallest absolute Gasteiger partial charge is 0.339 e. The van der Waals surface area contributed by atoms with Crippen molar-refractivity contribution < 1.29 is 28.0 Å². The molecule has 0 aromatic heterocycles. The molecule has 0 saturated heterocycles. The number of nitrogens with zero attached hydrogens (tertiary/aromatic N) is 1. The molecule has 0 aliphatic heterocycles.